The molecule has 0 bridgehead atoms. The lowest BCUT2D eigenvalue weighted by Gasteiger charge is -2.41. The molecule has 142 valence electrons. The van der Waals surface area contributed by atoms with Crippen LogP contribution in [0, 0.1) is 0 Å². The summed E-state index contributed by atoms with van der Waals surface area (Å²) < 4.78 is 11.4. The first-order valence-corrected chi connectivity index (χ1v) is 8.98. The number of rotatable bonds is 9. The van der Waals surface area contributed by atoms with Crippen molar-refractivity contribution in [3.05, 3.63) is 60.2 Å². The molecule has 1 saturated carbocycles. The third-order valence-corrected chi connectivity index (χ3v) is 4.65. The van der Waals surface area contributed by atoms with Gasteiger partial charge >= 0.3 is 5.97 Å². The Morgan fingerprint density at radius 3 is 2.19 bits per heavy atom. The molecule has 6 heteroatoms. The first-order chi connectivity index (χ1) is 13.1. The number of amides is 1. The van der Waals surface area contributed by atoms with Crippen LogP contribution in [0.3, 0.4) is 0 Å². The van der Waals surface area contributed by atoms with Crippen molar-refractivity contribution in [3.8, 4) is 11.5 Å². The van der Waals surface area contributed by atoms with Crippen LogP contribution in [0.4, 0.5) is 0 Å². The summed E-state index contributed by atoms with van der Waals surface area (Å²) in [5.41, 5.74) is 0.404. The van der Waals surface area contributed by atoms with Gasteiger partial charge in [0.25, 0.3) is 5.91 Å². The number of ether oxygens (including phenoxy) is 2. The molecular weight excluding hydrogens is 346 g/mol. The van der Waals surface area contributed by atoms with E-state index in [0.717, 1.165) is 12.0 Å². The van der Waals surface area contributed by atoms with Gasteiger partial charge in [-0.15, -0.1) is 0 Å². The second kappa shape index (κ2) is 8.58. The van der Waals surface area contributed by atoms with E-state index in [4.69, 9.17) is 14.6 Å². The number of hydrogen-bond donors (Lipinski definition) is 2. The molecule has 0 spiro atoms. The van der Waals surface area contributed by atoms with Crippen LogP contribution in [0.5, 0.6) is 11.5 Å². The topological polar surface area (TPSA) is 84.9 Å². The van der Waals surface area contributed by atoms with E-state index in [1.165, 1.54) is 0 Å². The highest BCUT2D eigenvalue weighted by Crippen LogP contribution is 2.35. The first kappa shape index (κ1) is 18.8. The van der Waals surface area contributed by atoms with Crippen molar-refractivity contribution in [2.45, 2.75) is 37.8 Å². The quantitative estimate of drug-likeness (QED) is 0.709. The number of carboxylic acids is 1. The molecule has 27 heavy (non-hydrogen) atoms. The van der Waals surface area contributed by atoms with Gasteiger partial charge in [-0.1, -0.05) is 42.5 Å². The van der Waals surface area contributed by atoms with Crippen LogP contribution >= 0.6 is 0 Å². The van der Waals surface area contributed by atoms with Gasteiger partial charge in [-0.25, -0.2) is 0 Å². The molecule has 2 aromatic rings. The zero-order valence-corrected chi connectivity index (χ0v) is 15.0. The molecule has 0 heterocycles. The molecule has 0 atom stereocenters. The largest absolute Gasteiger partial charge is 0.485 e. The van der Waals surface area contributed by atoms with E-state index >= 15 is 0 Å². The molecule has 0 radical (unpaired) electrons. The predicted octanol–water partition coefficient (Wildman–Crippen LogP) is 3.16. The Morgan fingerprint density at radius 1 is 0.963 bits per heavy atom. The van der Waals surface area contributed by atoms with E-state index in [0.29, 0.717) is 30.9 Å². The van der Waals surface area contributed by atoms with Crippen molar-refractivity contribution < 1.29 is 24.2 Å². The van der Waals surface area contributed by atoms with Crippen molar-refractivity contribution in [2.24, 2.45) is 0 Å². The molecule has 1 aliphatic carbocycles. The van der Waals surface area contributed by atoms with Crippen LogP contribution < -0.4 is 14.8 Å². The minimum atomic E-state index is -0.907. The second-order valence-electron chi connectivity index (χ2n) is 6.76. The average Bonchev–Trinajstić information content (AvgIpc) is 2.64. The Balaban J connectivity index is 1.54. The zero-order valence-electron chi connectivity index (χ0n) is 15.0. The fourth-order valence-corrected chi connectivity index (χ4v) is 3.14. The van der Waals surface area contributed by atoms with Gasteiger partial charge in [-0.05, 0) is 37.0 Å². The van der Waals surface area contributed by atoms with Gasteiger partial charge in [0.05, 0.1) is 12.0 Å². The number of carboxylic acid groups (broad SMARTS) is 1. The van der Waals surface area contributed by atoms with Crippen molar-refractivity contribution in [2.75, 3.05) is 6.61 Å². The zero-order chi connectivity index (χ0) is 19.1. The Labute approximate surface area is 158 Å². The Morgan fingerprint density at radius 2 is 1.59 bits per heavy atom. The van der Waals surface area contributed by atoms with E-state index in [-0.39, 0.29) is 18.9 Å². The predicted molar refractivity (Wildman–Crippen MR) is 99.7 cm³/mol. The van der Waals surface area contributed by atoms with Crippen LogP contribution in [-0.2, 0) is 16.2 Å². The highest BCUT2D eigenvalue weighted by atomic mass is 16.5. The normalized spacial score (nSPS) is 14.7. The Hall–Kier alpha value is -3.02. The van der Waals surface area contributed by atoms with Crippen LogP contribution in [0.1, 0.15) is 31.2 Å². The third-order valence-electron chi connectivity index (χ3n) is 4.65. The molecule has 1 fully saturated rings. The molecular formula is C21H23NO5. The lowest BCUT2D eigenvalue weighted by atomic mass is 9.74. The molecule has 3 rings (SSSR count). The highest BCUT2D eigenvalue weighted by molar-refractivity contribution is 5.80. The van der Waals surface area contributed by atoms with E-state index in [9.17, 15) is 9.59 Å². The number of carbonyl (C=O) groups is 2. The van der Waals surface area contributed by atoms with Gasteiger partial charge in [0.1, 0.15) is 6.61 Å². The van der Waals surface area contributed by atoms with Crippen molar-refractivity contribution in [1.29, 1.82) is 0 Å². The van der Waals surface area contributed by atoms with Crippen molar-refractivity contribution in [1.82, 2.24) is 5.32 Å². The van der Waals surface area contributed by atoms with Gasteiger partial charge in [0.2, 0.25) is 0 Å². The SMILES string of the molecule is O=C(O)CC1(NC(=O)COc2ccccc2OCc2ccccc2)CCC1. The molecule has 0 saturated heterocycles. The average molecular weight is 369 g/mol. The molecule has 1 amide bonds. The van der Waals surface area contributed by atoms with E-state index in [1.807, 2.05) is 36.4 Å². The van der Waals surface area contributed by atoms with Crippen molar-refractivity contribution >= 4 is 11.9 Å². The summed E-state index contributed by atoms with van der Waals surface area (Å²) in [4.78, 5) is 23.2. The van der Waals surface area contributed by atoms with Crippen LogP contribution in [0.25, 0.3) is 0 Å². The summed E-state index contributed by atoms with van der Waals surface area (Å²) in [7, 11) is 0. The number of carbonyl (C=O) groups excluding carboxylic acids is 1. The smallest absolute Gasteiger partial charge is 0.305 e. The summed E-state index contributed by atoms with van der Waals surface area (Å²) in [6, 6.07) is 16.9. The molecule has 2 aromatic carbocycles. The molecule has 6 nitrogen and oxygen atoms in total. The number of nitrogens with one attached hydrogen (secondary N) is 1. The fraction of sp³-hybridized carbons (Fsp3) is 0.333. The van der Waals surface area contributed by atoms with Crippen molar-refractivity contribution in [3.63, 3.8) is 0 Å². The van der Waals surface area contributed by atoms with Gasteiger partial charge in [-0.3, -0.25) is 9.59 Å². The Bertz CT molecular complexity index is 786. The summed E-state index contributed by atoms with van der Waals surface area (Å²) in [5, 5.41) is 11.8. The van der Waals surface area contributed by atoms with Gasteiger partial charge < -0.3 is 19.9 Å². The van der Waals surface area contributed by atoms with Crippen LogP contribution in [-0.4, -0.2) is 29.1 Å². The lowest BCUT2D eigenvalue weighted by Crippen LogP contribution is -2.55. The maximum atomic E-state index is 12.2. The molecule has 0 aliphatic heterocycles. The van der Waals surface area contributed by atoms with Gasteiger partial charge in [0, 0.05) is 0 Å². The monoisotopic (exact) mass is 369 g/mol. The summed E-state index contributed by atoms with van der Waals surface area (Å²) in [6.45, 7) is 0.211. The van der Waals surface area contributed by atoms with Gasteiger partial charge in [0.15, 0.2) is 18.1 Å². The summed E-state index contributed by atoms with van der Waals surface area (Å²) >= 11 is 0. The molecule has 2 N–H and O–H groups in total. The maximum absolute atomic E-state index is 12.2. The minimum absolute atomic E-state index is 0.0600. The number of hydrogen-bond acceptors (Lipinski definition) is 4. The lowest BCUT2D eigenvalue weighted by molar-refractivity contribution is -0.140. The molecule has 0 unspecified atom stereocenters. The summed E-state index contributed by atoms with van der Waals surface area (Å²) in [5.74, 6) is -0.202. The van der Waals surface area contributed by atoms with E-state index in [1.54, 1.807) is 18.2 Å². The molecule has 0 aromatic heterocycles. The number of para-hydroxylation sites is 2. The number of benzene rings is 2. The fourth-order valence-electron chi connectivity index (χ4n) is 3.14. The van der Waals surface area contributed by atoms with E-state index in [2.05, 4.69) is 5.32 Å². The standard InChI is InChI=1S/C21H23NO5/c23-19(22-21(11-6-12-21)13-20(24)25)15-27-18-10-5-4-9-17(18)26-14-16-7-2-1-3-8-16/h1-5,7-10H,6,11-15H2,(H,22,23)(H,24,25). The van der Waals surface area contributed by atoms with E-state index < -0.39 is 11.5 Å². The Kier molecular flexibility index (Phi) is 5.96. The first-order valence-electron chi connectivity index (χ1n) is 8.98. The van der Waals surface area contributed by atoms with Crippen LogP contribution in [0.2, 0.25) is 0 Å². The van der Waals surface area contributed by atoms with Crippen LogP contribution in [0.15, 0.2) is 54.6 Å². The second-order valence-corrected chi connectivity index (χ2v) is 6.76. The highest BCUT2D eigenvalue weighted by Gasteiger charge is 2.40. The number of aliphatic carboxylic acids is 1. The molecule has 1 aliphatic rings. The summed E-state index contributed by atoms with van der Waals surface area (Å²) in [6.07, 6.45) is 2.23. The maximum Gasteiger partial charge on any atom is 0.305 e. The third kappa shape index (κ3) is 5.23. The van der Waals surface area contributed by atoms with Gasteiger partial charge in [-0.2, -0.15) is 0 Å². The minimum Gasteiger partial charge on any atom is -0.485 e.